The van der Waals surface area contributed by atoms with Gasteiger partial charge >= 0.3 is 6.03 Å². The van der Waals surface area contributed by atoms with Crippen LogP contribution in [0.15, 0.2) is 42.5 Å². The van der Waals surface area contributed by atoms with Crippen LogP contribution in [-0.2, 0) is 0 Å². The summed E-state index contributed by atoms with van der Waals surface area (Å²) in [6.45, 7) is 3.90. The molecule has 8 heteroatoms. The van der Waals surface area contributed by atoms with Crippen molar-refractivity contribution in [3.05, 3.63) is 42.5 Å². The Balaban J connectivity index is 1.19. The van der Waals surface area contributed by atoms with Crippen molar-refractivity contribution in [3.8, 4) is 23.0 Å². The Morgan fingerprint density at radius 2 is 1.86 bits per heavy atom. The molecule has 0 spiro atoms. The number of carbonyl (C=O) groups is 1. The molecule has 1 fully saturated rings. The topological polar surface area (TPSA) is 72.5 Å². The summed E-state index contributed by atoms with van der Waals surface area (Å²) in [4.78, 5) is 16.5. The summed E-state index contributed by atoms with van der Waals surface area (Å²) in [5.41, 5.74) is 1.06. The van der Waals surface area contributed by atoms with Crippen LogP contribution in [-0.4, -0.2) is 64.2 Å². The molecule has 2 aliphatic heterocycles. The summed E-state index contributed by atoms with van der Waals surface area (Å²) in [6, 6.07) is 13.3. The fourth-order valence-electron chi connectivity index (χ4n) is 3.45. The second kappa shape index (κ2) is 8.81. The maximum atomic E-state index is 12.4. The quantitative estimate of drug-likeness (QED) is 0.752. The van der Waals surface area contributed by atoms with Gasteiger partial charge in [0.05, 0.1) is 19.3 Å². The first kappa shape index (κ1) is 19.0. The van der Waals surface area contributed by atoms with Gasteiger partial charge in [-0.1, -0.05) is 12.1 Å². The molecule has 0 radical (unpaired) electrons. The van der Waals surface area contributed by atoms with Crippen LogP contribution >= 0.6 is 0 Å². The van der Waals surface area contributed by atoms with Gasteiger partial charge in [-0.05, 0) is 24.3 Å². The first-order valence-corrected chi connectivity index (χ1v) is 9.68. The molecule has 2 aromatic carbocycles. The van der Waals surface area contributed by atoms with E-state index in [0.29, 0.717) is 37.7 Å². The number of ether oxygens (including phenoxy) is 4. The van der Waals surface area contributed by atoms with E-state index in [0.717, 1.165) is 30.3 Å². The molecule has 2 heterocycles. The minimum atomic E-state index is -0.0704. The number of para-hydroxylation sites is 2. The van der Waals surface area contributed by atoms with E-state index in [1.54, 1.807) is 13.2 Å². The van der Waals surface area contributed by atoms with Crippen molar-refractivity contribution in [2.75, 3.05) is 58.1 Å². The van der Waals surface area contributed by atoms with Crippen molar-refractivity contribution in [2.24, 2.45) is 0 Å². The van der Waals surface area contributed by atoms with Crippen molar-refractivity contribution in [1.82, 2.24) is 10.2 Å². The third-order valence-electron chi connectivity index (χ3n) is 4.98. The van der Waals surface area contributed by atoms with E-state index in [1.165, 1.54) is 0 Å². The van der Waals surface area contributed by atoms with E-state index >= 15 is 0 Å². The molecule has 0 saturated carbocycles. The maximum Gasteiger partial charge on any atom is 0.317 e. The lowest BCUT2D eigenvalue weighted by molar-refractivity contribution is 0.173. The molecule has 0 aliphatic carbocycles. The number of carbonyl (C=O) groups excluding carboxylic acids is 1. The van der Waals surface area contributed by atoms with Crippen LogP contribution in [0.25, 0.3) is 0 Å². The van der Waals surface area contributed by atoms with Gasteiger partial charge in [0.2, 0.25) is 6.79 Å². The van der Waals surface area contributed by atoms with Crippen molar-refractivity contribution in [2.45, 2.75) is 0 Å². The zero-order valence-electron chi connectivity index (χ0n) is 16.4. The van der Waals surface area contributed by atoms with Crippen LogP contribution < -0.4 is 29.2 Å². The van der Waals surface area contributed by atoms with Gasteiger partial charge in [0.15, 0.2) is 11.5 Å². The number of hydrogen-bond donors (Lipinski definition) is 1. The summed E-state index contributed by atoms with van der Waals surface area (Å²) in [7, 11) is 1.67. The van der Waals surface area contributed by atoms with Crippen LogP contribution in [0.2, 0.25) is 0 Å². The fourth-order valence-corrected chi connectivity index (χ4v) is 3.45. The molecule has 2 aliphatic rings. The van der Waals surface area contributed by atoms with E-state index in [9.17, 15) is 4.79 Å². The first-order valence-electron chi connectivity index (χ1n) is 9.68. The van der Waals surface area contributed by atoms with Crippen LogP contribution in [0.3, 0.4) is 0 Å². The van der Waals surface area contributed by atoms with Gasteiger partial charge in [-0.2, -0.15) is 0 Å². The number of anilines is 1. The van der Waals surface area contributed by atoms with E-state index in [1.807, 2.05) is 41.3 Å². The monoisotopic (exact) mass is 399 g/mol. The summed E-state index contributed by atoms with van der Waals surface area (Å²) in [5, 5.41) is 2.91. The Bertz CT molecular complexity index is 852. The summed E-state index contributed by atoms with van der Waals surface area (Å²) in [6.07, 6.45) is 0. The van der Waals surface area contributed by atoms with Gasteiger partial charge in [0.1, 0.15) is 18.1 Å². The Labute approximate surface area is 169 Å². The predicted molar refractivity (Wildman–Crippen MR) is 108 cm³/mol. The number of methoxy groups -OCH3 is 1. The van der Waals surface area contributed by atoms with Crippen molar-refractivity contribution < 1.29 is 23.7 Å². The van der Waals surface area contributed by atoms with Crippen LogP contribution in [0.4, 0.5) is 10.5 Å². The number of urea groups is 1. The Hall–Kier alpha value is -3.29. The lowest BCUT2D eigenvalue weighted by Crippen LogP contribution is -2.52. The standard InChI is InChI=1S/C21H25N3O5/c1-26-18-5-3-2-4-17(18)23-9-11-24(12-10-23)21(25)22-8-13-27-16-6-7-19-20(14-16)29-15-28-19/h2-7,14H,8-13,15H2,1H3,(H,22,25). The highest BCUT2D eigenvalue weighted by Crippen LogP contribution is 2.35. The van der Waals surface area contributed by atoms with Crippen molar-refractivity contribution in [1.29, 1.82) is 0 Å². The summed E-state index contributed by atoms with van der Waals surface area (Å²) < 4.78 is 21.7. The maximum absolute atomic E-state index is 12.4. The second-order valence-electron chi connectivity index (χ2n) is 6.74. The van der Waals surface area contributed by atoms with Gasteiger partial charge in [0, 0.05) is 32.2 Å². The Morgan fingerprint density at radius 1 is 1.07 bits per heavy atom. The summed E-state index contributed by atoms with van der Waals surface area (Å²) in [5.74, 6) is 2.94. The second-order valence-corrected chi connectivity index (χ2v) is 6.74. The molecular formula is C21H25N3O5. The molecule has 4 rings (SSSR count). The molecule has 1 N–H and O–H groups in total. The third-order valence-corrected chi connectivity index (χ3v) is 4.98. The summed E-state index contributed by atoms with van der Waals surface area (Å²) >= 11 is 0. The van der Waals surface area contributed by atoms with Crippen LogP contribution in [0.5, 0.6) is 23.0 Å². The van der Waals surface area contributed by atoms with E-state index < -0.39 is 0 Å². The Kier molecular flexibility index (Phi) is 5.79. The predicted octanol–water partition coefficient (Wildman–Crippen LogP) is 2.33. The highest BCUT2D eigenvalue weighted by molar-refractivity contribution is 5.74. The highest BCUT2D eigenvalue weighted by Gasteiger charge is 2.22. The smallest absolute Gasteiger partial charge is 0.317 e. The van der Waals surface area contributed by atoms with E-state index in [2.05, 4.69) is 10.2 Å². The number of piperazine rings is 1. The van der Waals surface area contributed by atoms with Crippen LogP contribution in [0.1, 0.15) is 0 Å². The number of hydrogen-bond acceptors (Lipinski definition) is 6. The lowest BCUT2D eigenvalue weighted by Gasteiger charge is -2.36. The van der Waals surface area contributed by atoms with Gasteiger partial charge in [0.25, 0.3) is 0 Å². The van der Waals surface area contributed by atoms with Gasteiger partial charge < -0.3 is 34.1 Å². The molecule has 8 nitrogen and oxygen atoms in total. The minimum absolute atomic E-state index is 0.0704. The number of amides is 2. The molecule has 0 atom stereocenters. The van der Waals surface area contributed by atoms with E-state index in [4.69, 9.17) is 18.9 Å². The minimum Gasteiger partial charge on any atom is -0.495 e. The number of nitrogens with zero attached hydrogens (tertiary/aromatic N) is 2. The Morgan fingerprint density at radius 3 is 2.69 bits per heavy atom. The largest absolute Gasteiger partial charge is 0.495 e. The van der Waals surface area contributed by atoms with Crippen LogP contribution in [0, 0.1) is 0 Å². The lowest BCUT2D eigenvalue weighted by atomic mass is 10.2. The number of fused-ring (bicyclic) bond motifs is 1. The van der Waals surface area contributed by atoms with Gasteiger partial charge in [-0.15, -0.1) is 0 Å². The third kappa shape index (κ3) is 4.42. The zero-order chi connectivity index (χ0) is 20.1. The fraction of sp³-hybridized carbons (Fsp3) is 0.381. The molecule has 0 bridgehead atoms. The molecular weight excluding hydrogens is 374 g/mol. The average molecular weight is 399 g/mol. The molecule has 154 valence electrons. The number of rotatable bonds is 6. The number of nitrogens with one attached hydrogen (secondary N) is 1. The SMILES string of the molecule is COc1ccccc1N1CCN(C(=O)NCCOc2ccc3c(c2)OCO3)CC1. The van der Waals surface area contributed by atoms with Crippen molar-refractivity contribution in [3.63, 3.8) is 0 Å². The van der Waals surface area contributed by atoms with Crippen molar-refractivity contribution >= 4 is 11.7 Å². The van der Waals surface area contributed by atoms with Gasteiger partial charge in [-0.3, -0.25) is 0 Å². The molecule has 2 amide bonds. The average Bonchev–Trinajstić information content (AvgIpc) is 3.24. The van der Waals surface area contributed by atoms with E-state index in [-0.39, 0.29) is 12.8 Å². The molecule has 0 unspecified atom stereocenters. The number of benzene rings is 2. The molecule has 1 saturated heterocycles. The van der Waals surface area contributed by atoms with Gasteiger partial charge in [-0.25, -0.2) is 4.79 Å². The highest BCUT2D eigenvalue weighted by atomic mass is 16.7. The first-order chi connectivity index (χ1) is 14.2. The molecule has 0 aromatic heterocycles. The molecule has 2 aromatic rings. The molecule has 29 heavy (non-hydrogen) atoms. The zero-order valence-corrected chi connectivity index (χ0v) is 16.4. The normalized spacial score (nSPS) is 15.2.